The van der Waals surface area contributed by atoms with Gasteiger partial charge in [-0.3, -0.25) is 4.90 Å². The minimum atomic E-state index is 0.314. The zero-order valence-electron chi connectivity index (χ0n) is 11.7. The standard InChI is InChI=1S/C17H20N2O/c1-12(13-5-7-15(20)8-6-13)19-10-9-14-3-2-4-17(18)16(14)11-19/h2-8,12,20H,9-11,18H2,1H3. The number of nitrogens with zero attached hydrogens (tertiary/aromatic N) is 1. The lowest BCUT2D eigenvalue weighted by atomic mass is 9.95. The lowest BCUT2D eigenvalue weighted by Crippen LogP contribution is -2.33. The second-order valence-corrected chi connectivity index (χ2v) is 5.47. The number of hydrogen-bond acceptors (Lipinski definition) is 3. The first kappa shape index (κ1) is 13.0. The third-order valence-corrected chi connectivity index (χ3v) is 4.26. The van der Waals surface area contributed by atoms with Crippen molar-refractivity contribution in [2.45, 2.75) is 25.9 Å². The van der Waals surface area contributed by atoms with E-state index in [2.05, 4.69) is 17.9 Å². The quantitative estimate of drug-likeness (QED) is 0.823. The Hall–Kier alpha value is -2.00. The van der Waals surface area contributed by atoms with Crippen molar-refractivity contribution in [1.29, 1.82) is 0 Å². The molecule has 1 unspecified atom stereocenters. The molecule has 0 bridgehead atoms. The lowest BCUT2D eigenvalue weighted by Gasteiger charge is -2.34. The van der Waals surface area contributed by atoms with Crippen molar-refractivity contribution in [3.63, 3.8) is 0 Å². The third kappa shape index (κ3) is 2.37. The number of fused-ring (bicyclic) bond motifs is 1. The minimum absolute atomic E-state index is 0.314. The maximum absolute atomic E-state index is 9.39. The molecule has 1 aliphatic rings. The summed E-state index contributed by atoms with van der Waals surface area (Å²) in [6.45, 7) is 4.14. The highest BCUT2D eigenvalue weighted by molar-refractivity contribution is 5.51. The fraction of sp³-hybridized carbons (Fsp3) is 0.294. The Balaban J connectivity index is 1.83. The summed E-state index contributed by atoms with van der Waals surface area (Å²) in [7, 11) is 0. The van der Waals surface area contributed by atoms with Gasteiger partial charge in [-0.2, -0.15) is 0 Å². The van der Waals surface area contributed by atoms with E-state index in [9.17, 15) is 5.11 Å². The fourth-order valence-electron chi connectivity index (χ4n) is 2.92. The summed E-state index contributed by atoms with van der Waals surface area (Å²) in [6.07, 6.45) is 1.04. The summed E-state index contributed by atoms with van der Waals surface area (Å²) in [6, 6.07) is 14.0. The van der Waals surface area contributed by atoms with E-state index in [1.807, 2.05) is 24.3 Å². The molecule has 2 aromatic carbocycles. The van der Waals surface area contributed by atoms with Crippen molar-refractivity contribution < 1.29 is 5.11 Å². The molecule has 0 aromatic heterocycles. The van der Waals surface area contributed by atoms with Crippen molar-refractivity contribution in [3.8, 4) is 5.75 Å². The number of nitrogen functional groups attached to an aromatic ring is 1. The Morgan fingerprint density at radius 2 is 1.90 bits per heavy atom. The summed E-state index contributed by atoms with van der Waals surface area (Å²) >= 11 is 0. The molecule has 3 N–H and O–H groups in total. The molecule has 3 heteroatoms. The Morgan fingerprint density at radius 1 is 1.15 bits per heavy atom. The average molecular weight is 268 g/mol. The lowest BCUT2D eigenvalue weighted by molar-refractivity contribution is 0.192. The first-order chi connectivity index (χ1) is 9.65. The van der Waals surface area contributed by atoms with Crippen LogP contribution in [0.5, 0.6) is 5.75 Å². The number of hydrogen-bond donors (Lipinski definition) is 2. The van der Waals surface area contributed by atoms with Crippen LogP contribution in [0.3, 0.4) is 0 Å². The van der Waals surface area contributed by atoms with E-state index in [4.69, 9.17) is 5.73 Å². The van der Waals surface area contributed by atoms with Gasteiger partial charge in [-0.25, -0.2) is 0 Å². The van der Waals surface area contributed by atoms with Gasteiger partial charge in [0.05, 0.1) is 0 Å². The number of rotatable bonds is 2. The molecule has 104 valence electrons. The highest BCUT2D eigenvalue weighted by Crippen LogP contribution is 2.30. The summed E-state index contributed by atoms with van der Waals surface area (Å²) in [5.74, 6) is 0.314. The predicted molar refractivity (Wildman–Crippen MR) is 81.5 cm³/mol. The molecule has 0 saturated carbocycles. The van der Waals surface area contributed by atoms with E-state index in [0.29, 0.717) is 11.8 Å². The van der Waals surface area contributed by atoms with Crippen LogP contribution in [-0.4, -0.2) is 16.6 Å². The number of aromatic hydroxyl groups is 1. The smallest absolute Gasteiger partial charge is 0.115 e. The zero-order valence-corrected chi connectivity index (χ0v) is 11.7. The van der Waals surface area contributed by atoms with Crippen LogP contribution in [0, 0.1) is 0 Å². The van der Waals surface area contributed by atoms with Gasteiger partial charge in [0, 0.05) is 24.8 Å². The van der Waals surface area contributed by atoms with Crippen LogP contribution in [0.1, 0.15) is 29.7 Å². The molecule has 20 heavy (non-hydrogen) atoms. The van der Waals surface area contributed by atoms with Crippen LogP contribution in [0.25, 0.3) is 0 Å². The van der Waals surface area contributed by atoms with Gasteiger partial charge in [-0.1, -0.05) is 24.3 Å². The Bertz CT molecular complexity index is 607. The molecule has 0 fully saturated rings. The molecular formula is C17H20N2O. The highest BCUT2D eigenvalue weighted by atomic mass is 16.3. The molecule has 2 aromatic rings. The molecule has 3 rings (SSSR count). The van der Waals surface area contributed by atoms with Gasteiger partial charge < -0.3 is 10.8 Å². The number of anilines is 1. The zero-order chi connectivity index (χ0) is 14.1. The second-order valence-electron chi connectivity index (χ2n) is 5.47. The first-order valence-corrected chi connectivity index (χ1v) is 7.04. The van der Waals surface area contributed by atoms with Crippen molar-refractivity contribution in [2.75, 3.05) is 12.3 Å². The summed E-state index contributed by atoms with van der Waals surface area (Å²) in [5.41, 5.74) is 10.9. The molecule has 0 amide bonds. The van der Waals surface area contributed by atoms with Gasteiger partial charge in [0.15, 0.2) is 0 Å². The van der Waals surface area contributed by atoms with Crippen LogP contribution < -0.4 is 5.73 Å². The van der Waals surface area contributed by atoms with Crippen molar-refractivity contribution in [2.24, 2.45) is 0 Å². The van der Waals surface area contributed by atoms with Gasteiger partial charge in [-0.05, 0) is 48.2 Å². The van der Waals surface area contributed by atoms with Crippen LogP contribution in [-0.2, 0) is 13.0 Å². The van der Waals surface area contributed by atoms with E-state index in [0.717, 1.165) is 25.2 Å². The largest absolute Gasteiger partial charge is 0.508 e. The Kier molecular flexibility index (Phi) is 3.36. The van der Waals surface area contributed by atoms with E-state index < -0.39 is 0 Å². The molecule has 0 radical (unpaired) electrons. The molecule has 1 heterocycles. The van der Waals surface area contributed by atoms with E-state index in [1.165, 1.54) is 16.7 Å². The van der Waals surface area contributed by atoms with Crippen molar-refractivity contribution in [3.05, 3.63) is 59.2 Å². The number of phenols is 1. The van der Waals surface area contributed by atoms with Crippen LogP contribution in [0.4, 0.5) is 5.69 Å². The van der Waals surface area contributed by atoms with Gasteiger partial charge in [0.2, 0.25) is 0 Å². The number of nitrogens with two attached hydrogens (primary N) is 1. The van der Waals surface area contributed by atoms with Gasteiger partial charge >= 0.3 is 0 Å². The molecule has 0 saturated heterocycles. The highest BCUT2D eigenvalue weighted by Gasteiger charge is 2.22. The Morgan fingerprint density at radius 3 is 2.65 bits per heavy atom. The molecule has 3 nitrogen and oxygen atoms in total. The first-order valence-electron chi connectivity index (χ1n) is 7.04. The van der Waals surface area contributed by atoms with Gasteiger partial charge in [0.25, 0.3) is 0 Å². The number of phenolic OH excluding ortho intramolecular Hbond substituents is 1. The monoisotopic (exact) mass is 268 g/mol. The maximum Gasteiger partial charge on any atom is 0.115 e. The summed E-state index contributed by atoms with van der Waals surface area (Å²) in [4.78, 5) is 2.44. The maximum atomic E-state index is 9.39. The van der Waals surface area contributed by atoms with E-state index >= 15 is 0 Å². The van der Waals surface area contributed by atoms with Gasteiger partial charge in [-0.15, -0.1) is 0 Å². The summed E-state index contributed by atoms with van der Waals surface area (Å²) in [5, 5.41) is 9.39. The van der Waals surface area contributed by atoms with E-state index in [-0.39, 0.29) is 0 Å². The van der Waals surface area contributed by atoms with Crippen LogP contribution >= 0.6 is 0 Å². The minimum Gasteiger partial charge on any atom is -0.508 e. The molecule has 1 aliphatic heterocycles. The molecule has 0 spiro atoms. The average Bonchev–Trinajstić information content (AvgIpc) is 2.47. The molecule has 1 atom stereocenters. The third-order valence-electron chi connectivity index (χ3n) is 4.26. The predicted octanol–water partition coefficient (Wildman–Crippen LogP) is 3.09. The van der Waals surface area contributed by atoms with Crippen LogP contribution in [0.15, 0.2) is 42.5 Å². The van der Waals surface area contributed by atoms with Gasteiger partial charge in [0.1, 0.15) is 5.75 Å². The van der Waals surface area contributed by atoms with Crippen LogP contribution in [0.2, 0.25) is 0 Å². The SMILES string of the molecule is CC(c1ccc(O)cc1)N1CCc2cccc(N)c2C1. The Labute approximate surface area is 119 Å². The fourth-order valence-corrected chi connectivity index (χ4v) is 2.92. The molecule has 0 aliphatic carbocycles. The summed E-state index contributed by atoms with van der Waals surface area (Å²) < 4.78 is 0. The van der Waals surface area contributed by atoms with E-state index in [1.54, 1.807) is 12.1 Å². The topological polar surface area (TPSA) is 49.5 Å². The van der Waals surface area contributed by atoms with Crippen molar-refractivity contribution in [1.82, 2.24) is 4.90 Å². The second kappa shape index (κ2) is 5.17. The number of benzene rings is 2. The van der Waals surface area contributed by atoms with Crippen molar-refractivity contribution >= 4 is 5.69 Å². The normalized spacial score (nSPS) is 16.6. The molecular weight excluding hydrogens is 248 g/mol.